The number of aryl methyl sites for hydroxylation is 1. The Hall–Kier alpha value is -1.86. The molecular formula is C15H17BrN2O4. The molecule has 22 heavy (non-hydrogen) atoms. The van der Waals surface area contributed by atoms with Crippen molar-refractivity contribution in [2.75, 3.05) is 13.7 Å². The van der Waals surface area contributed by atoms with Crippen molar-refractivity contribution in [3.05, 3.63) is 33.9 Å². The van der Waals surface area contributed by atoms with Gasteiger partial charge in [0.25, 0.3) is 5.91 Å². The van der Waals surface area contributed by atoms with Gasteiger partial charge in [0, 0.05) is 35.5 Å². The summed E-state index contributed by atoms with van der Waals surface area (Å²) in [6.45, 7) is 2.19. The van der Waals surface area contributed by atoms with Gasteiger partial charge in [-0.2, -0.15) is 0 Å². The minimum atomic E-state index is -1.08. The Morgan fingerprint density at radius 2 is 2.14 bits per heavy atom. The van der Waals surface area contributed by atoms with Crippen LogP contribution in [0.15, 0.2) is 22.7 Å². The summed E-state index contributed by atoms with van der Waals surface area (Å²) >= 11 is 3.41. The molecule has 0 radical (unpaired) electrons. The Morgan fingerprint density at radius 1 is 1.41 bits per heavy atom. The molecule has 0 spiro atoms. The highest BCUT2D eigenvalue weighted by Gasteiger charge is 2.21. The van der Waals surface area contributed by atoms with Gasteiger partial charge in [0.05, 0.1) is 0 Å². The van der Waals surface area contributed by atoms with Crippen LogP contribution in [-0.4, -0.2) is 41.7 Å². The Bertz CT molecular complexity index is 711. The van der Waals surface area contributed by atoms with E-state index in [1.54, 1.807) is 6.07 Å². The predicted molar refractivity (Wildman–Crippen MR) is 86.1 cm³/mol. The maximum atomic E-state index is 12.2. The number of carboxylic acid groups (broad SMARTS) is 1. The molecular weight excluding hydrogens is 352 g/mol. The number of aliphatic carboxylic acids is 1. The molecule has 0 aliphatic rings. The zero-order chi connectivity index (χ0) is 16.3. The Morgan fingerprint density at radius 3 is 2.77 bits per heavy atom. The molecule has 1 unspecified atom stereocenters. The molecule has 2 rings (SSSR count). The lowest BCUT2D eigenvalue weighted by Crippen LogP contribution is -2.41. The second-order valence-electron chi connectivity index (χ2n) is 5.02. The number of halogens is 1. The van der Waals surface area contributed by atoms with Crippen LogP contribution in [0.4, 0.5) is 0 Å². The van der Waals surface area contributed by atoms with Gasteiger partial charge in [0.2, 0.25) is 0 Å². The molecule has 1 amide bonds. The number of carboxylic acids is 1. The fourth-order valence-electron chi connectivity index (χ4n) is 2.23. The highest BCUT2D eigenvalue weighted by molar-refractivity contribution is 9.10. The largest absolute Gasteiger partial charge is 0.480 e. The summed E-state index contributed by atoms with van der Waals surface area (Å²) in [5.74, 6) is -1.53. The lowest BCUT2D eigenvalue weighted by atomic mass is 10.2. The van der Waals surface area contributed by atoms with Crippen molar-refractivity contribution in [2.45, 2.75) is 19.4 Å². The van der Waals surface area contributed by atoms with Crippen molar-refractivity contribution >= 4 is 38.7 Å². The molecule has 3 N–H and O–H groups in total. The van der Waals surface area contributed by atoms with E-state index < -0.39 is 17.9 Å². The Labute approximate surface area is 136 Å². The number of nitrogens with one attached hydrogen (secondary N) is 2. The maximum absolute atomic E-state index is 12.2. The molecule has 0 saturated carbocycles. The van der Waals surface area contributed by atoms with Gasteiger partial charge in [0.15, 0.2) is 0 Å². The number of carbonyl (C=O) groups excluding carboxylic acids is 1. The van der Waals surface area contributed by atoms with Crippen molar-refractivity contribution in [3.8, 4) is 0 Å². The number of amides is 1. The van der Waals surface area contributed by atoms with Crippen molar-refractivity contribution < 1.29 is 19.4 Å². The first-order valence-electron chi connectivity index (χ1n) is 6.74. The minimum absolute atomic E-state index is 0.211. The molecule has 7 heteroatoms. The summed E-state index contributed by atoms with van der Waals surface area (Å²) in [4.78, 5) is 26.4. The summed E-state index contributed by atoms with van der Waals surface area (Å²) in [5, 5.41) is 12.5. The molecule has 6 nitrogen and oxygen atoms in total. The van der Waals surface area contributed by atoms with Gasteiger partial charge >= 0.3 is 5.97 Å². The number of aromatic nitrogens is 1. The average molecular weight is 369 g/mol. The van der Waals surface area contributed by atoms with E-state index in [9.17, 15) is 9.59 Å². The standard InChI is InChI=1S/C15H17BrN2O4/c1-8-5-10(16)6-9-7-12(17-13(8)9)14(19)18-11(15(20)21)3-4-22-2/h5-7,11,17H,3-4H2,1-2H3,(H,18,19)(H,20,21). The fraction of sp³-hybridized carbons (Fsp3) is 0.333. The van der Waals surface area contributed by atoms with E-state index in [0.717, 1.165) is 20.9 Å². The highest BCUT2D eigenvalue weighted by Crippen LogP contribution is 2.24. The number of rotatable bonds is 6. The third-order valence-corrected chi connectivity index (χ3v) is 3.81. The molecule has 0 bridgehead atoms. The predicted octanol–water partition coefficient (Wildman–Crippen LogP) is 2.46. The van der Waals surface area contributed by atoms with E-state index in [4.69, 9.17) is 9.84 Å². The van der Waals surface area contributed by atoms with Crippen molar-refractivity contribution in [1.29, 1.82) is 0 Å². The highest BCUT2D eigenvalue weighted by atomic mass is 79.9. The van der Waals surface area contributed by atoms with Crippen LogP contribution in [0.25, 0.3) is 10.9 Å². The van der Waals surface area contributed by atoms with E-state index in [-0.39, 0.29) is 13.0 Å². The van der Waals surface area contributed by atoms with Crippen LogP contribution in [0.1, 0.15) is 22.5 Å². The quantitative estimate of drug-likeness (QED) is 0.730. The number of H-pyrrole nitrogens is 1. The van der Waals surface area contributed by atoms with E-state index in [1.165, 1.54) is 7.11 Å². The maximum Gasteiger partial charge on any atom is 0.326 e. The number of fused-ring (bicyclic) bond motifs is 1. The molecule has 0 aliphatic heterocycles. The monoisotopic (exact) mass is 368 g/mol. The number of hydrogen-bond acceptors (Lipinski definition) is 3. The van der Waals surface area contributed by atoms with E-state index in [0.29, 0.717) is 5.69 Å². The minimum Gasteiger partial charge on any atom is -0.480 e. The summed E-state index contributed by atoms with van der Waals surface area (Å²) in [6.07, 6.45) is 0.211. The van der Waals surface area contributed by atoms with E-state index in [2.05, 4.69) is 26.2 Å². The number of ether oxygens (including phenoxy) is 1. The molecule has 1 atom stereocenters. The van der Waals surface area contributed by atoms with Gasteiger partial charge in [-0.3, -0.25) is 4.79 Å². The zero-order valence-corrected chi connectivity index (χ0v) is 13.9. The molecule has 0 aliphatic carbocycles. The third kappa shape index (κ3) is 3.66. The van der Waals surface area contributed by atoms with Crippen LogP contribution in [0.5, 0.6) is 0 Å². The van der Waals surface area contributed by atoms with Crippen LogP contribution in [-0.2, 0) is 9.53 Å². The summed E-state index contributed by atoms with van der Waals surface area (Å²) in [6, 6.07) is 4.57. The molecule has 0 fully saturated rings. The number of carbonyl (C=O) groups is 2. The first kappa shape index (κ1) is 16.5. The number of benzene rings is 1. The summed E-state index contributed by atoms with van der Waals surface area (Å²) in [5.41, 5.74) is 2.19. The summed E-state index contributed by atoms with van der Waals surface area (Å²) in [7, 11) is 1.49. The van der Waals surface area contributed by atoms with Crippen LogP contribution in [0.2, 0.25) is 0 Å². The number of methoxy groups -OCH3 is 1. The number of hydrogen-bond donors (Lipinski definition) is 3. The molecule has 1 heterocycles. The Balaban J connectivity index is 2.21. The van der Waals surface area contributed by atoms with E-state index >= 15 is 0 Å². The first-order valence-corrected chi connectivity index (χ1v) is 7.53. The molecule has 118 valence electrons. The number of aromatic amines is 1. The van der Waals surface area contributed by atoms with Crippen LogP contribution in [0, 0.1) is 6.92 Å². The Kier molecular flexibility index (Phi) is 5.20. The van der Waals surface area contributed by atoms with E-state index in [1.807, 2.05) is 19.1 Å². The summed E-state index contributed by atoms with van der Waals surface area (Å²) < 4.78 is 5.78. The molecule has 2 aromatic rings. The SMILES string of the molecule is COCCC(NC(=O)c1cc2cc(Br)cc(C)c2[nH]1)C(=O)O. The van der Waals surface area contributed by atoms with Crippen molar-refractivity contribution in [1.82, 2.24) is 10.3 Å². The molecule has 0 saturated heterocycles. The third-order valence-electron chi connectivity index (χ3n) is 3.35. The average Bonchev–Trinajstić information content (AvgIpc) is 2.87. The van der Waals surface area contributed by atoms with Crippen LogP contribution in [0.3, 0.4) is 0 Å². The first-order chi connectivity index (χ1) is 10.4. The molecule has 1 aromatic heterocycles. The lowest BCUT2D eigenvalue weighted by molar-refractivity contribution is -0.139. The molecule has 1 aromatic carbocycles. The second-order valence-corrected chi connectivity index (χ2v) is 5.93. The van der Waals surface area contributed by atoms with Crippen molar-refractivity contribution in [2.24, 2.45) is 0 Å². The topological polar surface area (TPSA) is 91.4 Å². The van der Waals surface area contributed by atoms with Crippen LogP contribution < -0.4 is 5.32 Å². The van der Waals surface area contributed by atoms with Gasteiger partial charge in [-0.05, 0) is 30.7 Å². The fourth-order valence-corrected chi connectivity index (χ4v) is 2.82. The van der Waals surface area contributed by atoms with Crippen molar-refractivity contribution in [3.63, 3.8) is 0 Å². The van der Waals surface area contributed by atoms with Gasteiger partial charge in [-0.15, -0.1) is 0 Å². The zero-order valence-electron chi connectivity index (χ0n) is 12.3. The normalized spacial score (nSPS) is 12.3. The lowest BCUT2D eigenvalue weighted by Gasteiger charge is -2.13. The second kappa shape index (κ2) is 6.93. The smallest absolute Gasteiger partial charge is 0.326 e. The van der Waals surface area contributed by atoms with Crippen LogP contribution >= 0.6 is 15.9 Å². The van der Waals surface area contributed by atoms with Gasteiger partial charge in [-0.25, -0.2) is 4.79 Å². The van der Waals surface area contributed by atoms with Gasteiger partial charge < -0.3 is 20.1 Å². The van der Waals surface area contributed by atoms with Gasteiger partial charge in [0.1, 0.15) is 11.7 Å². The van der Waals surface area contributed by atoms with Gasteiger partial charge in [-0.1, -0.05) is 15.9 Å².